The molecule has 1 rings (SSSR count). The summed E-state index contributed by atoms with van der Waals surface area (Å²) < 4.78 is 5.72. The van der Waals surface area contributed by atoms with E-state index >= 15 is 0 Å². The van der Waals surface area contributed by atoms with Crippen LogP contribution in [0.25, 0.3) is 0 Å². The molecule has 18 heavy (non-hydrogen) atoms. The van der Waals surface area contributed by atoms with E-state index in [9.17, 15) is 0 Å². The van der Waals surface area contributed by atoms with Gasteiger partial charge in [0.05, 0.1) is 6.61 Å². The van der Waals surface area contributed by atoms with Gasteiger partial charge >= 0.3 is 0 Å². The SMILES string of the molecule is CCC#CCC(C)c1cc(CC)ccc1OCC. The summed E-state index contributed by atoms with van der Waals surface area (Å²) in [6.45, 7) is 9.23. The molecule has 1 atom stereocenters. The molecule has 0 saturated heterocycles. The van der Waals surface area contributed by atoms with E-state index in [0.29, 0.717) is 12.5 Å². The van der Waals surface area contributed by atoms with Crippen LogP contribution in [0.15, 0.2) is 18.2 Å². The van der Waals surface area contributed by atoms with E-state index in [2.05, 4.69) is 50.8 Å². The highest BCUT2D eigenvalue weighted by Crippen LogP contribution is 2.30. The Kier molecular flexibility index (Phi) is 6.36. The molecule has 0 aliphatic heterocycles. The van der Waals surface area contributed by atoms with Gasteiger partial charge in [-0.15, -0.1) is 11.8 Å². The molecule has 0 fully saturated rings. The second kappa shape index (κ2) is 7.82. The molecule has 0 aromatic heterocycles. The summed E-state index contributed by atoms with van der Waals surface area (Å²) in [4.78, 5) is 0. The lowest BCUT2D eigenvalue weighted by Gasteiger charge is -2.16. The van der Waals surface area contributed by atoms with Crippen LogP contribution in [0.5, 0.6) is 5.75 Å². The van der Waals surface area contributed by atoms with Gasteiger partial charge in [0.2, 0.25) is 0 Å². The highest BCUT2D eigenvalue weighted by molar-refractivity contribution is 5.40. The summed E-state index contributed by atoms with van der Waals surface area (Å²) in [5.74, 6) is 7.81. The first-order chi connectivity index (χ1) is 8.72. The second-order valence-electron chi connectivity index (χ2n) is 4.47. The number of ether oxygens (including phenoxy) is 1. The van der Waals surface area contributed by atoms with Crippen molar-refractivity contribution in [2.45, 2.75) is 52.9 Å². The van der Waals surface area contributed by atoms with Crippen molar-refractivity contribution in [1.29, 1.82) is 0 Å². The summed E-state index contributed by atoms with van der Waals surface area (Å²) in [7, 11) is 0. The van der Waals surface area contributed by atoms with Gasteiger partial charge in [0, 0.05) is 12.8 Å². The summed E-state index contributed by atoms with van der Waals surface area (Å²) in [5.41, 5.74) is 2.66. The Balaban J connectivity index is 2.94. The smallest absolute Gasteiger partial charge is 0.122 e. The maximum absolute atomic E-state index is 5.72. The Morgan fingerprint density at radius 1 is 1.17 bits per heavy atom. The fourth-order valence-electron chi connectivity index (χ4n) is 1.95. The number of benzene rings is 1. The zero-order valence-electron chi connectivity index (χ0n) is 12.0. The lowest BCUT2D eigenvalue weighted by molar-refractivity contribution is 0.334. The van der Waals surface area contributed by atoms with Gasteiger partial charge < -0.3 is 4.74 Å². The van der Waals surface area contributed by atoms with Crippen LogP contribution in [-0.4, -0.2) is 6.61 Å². The monoisotopic (exact) mass is 244 g/mol. The number of hydrogen-bond acceptors (Lipinski definition) is 1. The van der Waals surface area contributed by atoms with Crippen molar-refractivity contribution < 1.29 is 4.74 Å². The molecule has 0 spiro atoms. The number of aryl methyl sites for hydroxylation is 1. The lowest BCUT2D eigenvalue weighted by Crippen LogP contribution is -2.01. The predicted molar refractivity (Wildman–Crippen MR) is 78.1 cm³/mol. The Morgan fingerprint density at radius 3 is 2.56 bits per heavy atom. The molecule has 1 unspecified atom stereocenters. The third-order valence-electron chi connectivity index (χ3n) is 3.02. The zero-order valence-corrected chi connectivity index (χ0v) is 12.0. The molecular weight excluding hydrogens is 220 g/mol. The fourth-order valence-corrected chi connectivity index (χ4v) is 1.95. The minimum atomic E-state index is 0.428. The van der Waals surface area contributed by atoms with Gasteiger partial charge in [-0.2, -0.15) is 0 Å². The first kappa shape index (κ1) is 14.6. The van der Waals surface area contributed by atoms with E-state index in [1.807, 2.05) is 6.92 Å². The minimum absolute atomic E-state index is 0.428. The average molecular weight is 244 g/mol. The molecule has 0 radical (unpaired) electrons. The molecule has 0 saturated carbocycles. The standard InChI is InChI=1S/C17H24O/c1-5-8-9-10-14(4)16-13-15(6-2)11-12-17(16)18-7-3/h11-14H,5-7,10H2,1-4H3. The number of hydrogen-bond donors (Lipinski definition) is 0. The van der Waals surface area contributed by atoms with E-state index in [-0.39, 0.29) is 0 Å². The van der Waals surface area contributed by atoms with Gasteiger partial charge in [-0.25, -0.2) is 0 Å². The van der Waals surface area contributed by atoms with Crippen molar-refractivity contribution in [3.8, 4) is 17.6 Å². The molecule has 1 aromatic rings. The van der Waals surface area contributed by atoms with E-state index in [4.69, 9.17) is 4.74 Å². The third-order valence-corrected chi connectivity index (χ3v) is 3.02. The molecule has 98 valence electrons. The lowest BCUT2D eigenvalue weighted by atomic mass is 9.94. The van der Waals surface area contributed by atoms with Crippen molar-refractivity contribution in [1.82, 2.24) is 0 Å². The first-order valence-corrected chi connectivity index (χ1v) is 6.94. The van der Waals surface area contributed by atoms with Crippen LogP contribution >= 0.6 is 0 Å². The highest BCUT2D eigenvalue weighted by Gasteiger charge is 2.11. The van der Waals surface area contributed by atoms with Crippen molar-refractivity contribution in [2.75, 3.05) is 6.61 Å². The quantitative estimate of drug-likeness (QED) is 0.690. The van der Waals surface area contributed by atoms with Gasteiger partial charge in [0.25, 0.3) is 0 Å². The van der Waals surface area contributed by atoms with Gasteiger partial charge in [-0.05, 0) is 36.5 Å². The summed E-state index contributed by atoms with van der Waals surface area (Å²) >= 11 is 0. The van der Waals surface area contributed by atoms with Gasteiger partial charge in [0.15, 0.2) is 0 Å². The fraction of sp³-hybridized carbons (Fsp3) is 0.529. The highest BCUT2D eigenvalue weighted by atomic mass is 16.5. The maximum Gasteiger partial charge on any atom is 0.122 e. The van der Waals surface area contributed by atoms with E-state index in [0.717, 1.165) is 25.0 Å². The molecule has 0 amide bonds. The Morgan fingerprint density at radius 2 is 1.94 bits per heavy atom. The average Bonchev–Trinajstić information content (AvgIpc) is 2.39. The normalized spacial score (nSPS) is 11.6. The van der Waals surface area contributed by atoms with Crippen LogP contribution < -0.4 is 4.74 Å². The van der Waals surface area contributed by atoms with Crippen molar-refractivity contribution >= 4 is 0 Å². The predicted octanol–water partition coefficient (Wildman–Crippen LogP) is 4.55. The summed E-state index contributed by atoms with van der Waals surface area (Å²) in [6.07, 6.45) is 2.90. The van der Waals surface area contributed by atoms with Gasteiger partial charge in [-0.1, -0.05) is 32.9 Å². The molecule has 1 heteroatoms. The van der Waals surface area contributed by atoms with E-state index < -0.39 is 0 Å². The largest absolute Gasteiger partial charge is 0.494 e. The number of rotatable bonds is 5. The zero-order chi connectivity index (χ0) is 13.4. The first-order valence-electron chi connectivity index (χ1n) is 6.94. The molecule has 0 heterocycles. The Bertz CT molecular complexity index is 423. The van der Waals surface area contributed by atoms with Crippen LogP contribution in [0.3, 0.4) is 0 Å². The van der Waals surface area contributed by atoms with Crippen LogP contribution in [-0.2, 0) is 6.42 Å². The minimum Gasteiger partial charge on any atom is -0.494 e. The molecule has 0 bridgehead atoms. The van der Waals surface area contributed by atoms with E-state index in [1.165, 1.54) is 11.1 Å². The van der Waals surface area contributed by atoms with Gasteiger partial charge in [-0.3, -0.25) is 0 Å². The molecule has 0 N–H and O–H groups in total. The van der Waals surface area contributed by atoms with Crippen molar-refractivity contribution in [2.24, 2.45) is 0 Å². The van der Waals surface area contributed by atoms with Crippen LogP contribution in [0, 0.1) is 11.8 Å². The second-order valence-corrected chi connectivity index (χ2v) is 4.47. The van der Waals surface area contributed by atoms with Crippen molar-refractivity contribution in [3.63, 3.8) is 0 Å². The Hall–Kier alpha value is -1.42. The van der Waals surface area contributed by atoms with E-state index in [1.54, 1.807) is 0 Å². The molecule has 1 nitrogen and oxygen atoms in total. The topological polar surface area (TPSA) is 9.23 Å². The summed E-state index contributed by atoms with van der Waals surface area (Å²) in [5, 5.41) is 0. The molecule has 0 aliphatic rings. The van der Waals surface area contributed by atoms with Crippen LogP contribution in [0.1, 0.15) is 57.6 Å². The molecule has 0 aliphatic carbocycles. The maximum atomic E-state index is 5.72. The Labute approximate surface area is 112 Å². The van der Waals surface area contributed by atoms with Crippen LogP contribution in [0.4, 0.5) is 0 Å². The summed E-state index contributed by atoms with van der Waals surface area (Å²) in [6, 6.07) is 6.52. The van der Waals surface area contributed by atoms with Gasteiger partial charge in [0.1, 0.15) is 5.75 Å². The van der Waals surface area contributed by atoms with Crippen LogP contribution in [0.2, 0.25) is 0 Å². The molecular formula is C17H24O. The van der Waals surface area contributed by atoms with Crippen molar-refractivity contribution in [3.05, 3.63) is 29.3 Å². The third kappa shape index (κ3) is 4.11. The molecule has 1 aromatic carbocycles.